The van der Waals surface area contributed by atoms with Gasteiger partial charge in [0.05, 0.1) is 20.6 Å². The minimum absolute atomic E-state index is 0.000292. The number of hydrogen-bond acceptors (Lipinski definition) is 5. The normalized spacial score (nSPS) is 11.9. The van der Waals surface area contributed by atoms with Crippen molar-refractivity contribution in [1.29, 1.82) is 0 Å². The van der Waals surface area contributed by atoms with Crippen molar-refractivity contribution in [3.05, 3.63) is 23.8 Å². The highest BCUT2D eigenvalue weighted by atomic mass is 16.5. The summed E-state index contributed by atoms with van der Waals surface area (Å²) in [5.41, 5.74) is 6.44. The molecule has 16 heavy (non-hydrogen) atoms. The van der Waals surface area contributed by atoms with E-state index in [4.69, 9.17) is 10.5 Å². The first-order chi connectivity index (χ1) is 7.58. The summed E-state index contributed by atoms with van der Waals surface area (Å²) < 4.78 is 9.41. The molecule has 0 aliphatic heterocycles. The predicted octanol–water partition coefficient (Wildman–Crippen LogP) is 0.964. The van der Waals surface area contributed by atoms with Crippen molar-refractivity contribution in [3.8, 4) is 11.5 Å². The van der Waals surface area contributed by atoms with Gasteiger partial charge in [-0.1, -0.05) is 6.07 Å². The summed E-state index contributed by atoms with van der Waals surface area (Å²) >= 11 is 0. The minimum Gasteiger partial charge on any atom is -0.504 e. The van der Waals surface area contributed by atoms with Crippen LogP contribution in [0.15, 0.2) is 18.2 Å². The number of esters is 1. The zero-order valence-corrected chi connectivity index (χ0v) is 9.27. The molecule has 5 nitrogen and oxygen atoms in total. The maximum absolute atomic E-state index is 11.0. The first kappa shape index (κ1) is 12.3. The lowest BCUT2D eigenvalue weighted by atomic mass is 10.0. The Balaban J connectivity index is 2.80. The number of benzene rings is 1. The Hall–Kier alpha value is -1.75. The summed E-state index contributed by atoms with van der Waals surface area (Å²) in [5, 5.41) is 9.53. The van der Waals surface area contributed by atoms with Gasteiger partial charge in [-0.2, -0.15) is 0 Å². The van der Waals surface area contributed by atoms with Gasteiger partial charge in [0.2, 0.25) is 0 Å². The molecule has 1 rings (SSSR count). The lowest BCUT2D eigenvalue weighted by Crippen LogP contribution is -2.16. The number of carbonyl (C=O) groups excluding carboxylic acids is 1. The summed E-state index contributed by atoms with van der Waals surface area (Å²) in [7, 11) is 2.77. The molecule has 0 heterocycles. The fourth-order valence-electron chi connectivity index (χ4n) is 1.32. The smallest absolute Gasteiger partial charge is 0.307 e. The monoisotopic (exact) mass is 225 g/mol. The van der Waals surface area contributed by atoms with Crippen LogP contribution >= 0.6 is 0 Å². The summed E-state index contributed by atoms with van der Waals surface area (Å²) in [6, 6.07) is 4.28. The third kappa shape index (κ3) is 2.87. The van der Waals surface area contributed by atoms with Gasteiger partial charge in [0.1, 0.15) is 0 Å². The second-order valence-electron chi connectivity index (χ2n) is 3.32. The van der Waals surface area contributed by atoms with Crippen molar-refractivity contribution in [3.63, 3.8) is 0 Å². The molecular weight excluding hydrogens is 210 g/mol. The molecule has 3 N–H and O–H groups in total. The van der Waals surface area contributed by atoms with E-state index < -0.39 is 6.04 Å². The molecule has 0 aliphatic rings. The van der Waals surface area contributed by atoms with Crippen LogP contribution in [0.25, 0.3) is 0 Å². The lowest BCUT2D eigenvalue weighted by molar-refractivity contribution is -0.141. The van der Waals surface area contributed by atoms with Gasteiger partial charge >= 0.3 is 5.97 Å². The number of ether oxygens (including phenoxy) is 2. The van der Waals surface area contributed by atoms with Crippen LogP contribution in [0.2, 0.25) is 0 Å². The van der Waals surface area contributed by atoms with Gasteiger partial charge in [-0.3, -0.25) is 4.79 Å². The van der Waals surface area contributed by atoms with Crippen LogP contribution in [0, 0.1) is 0 Å². The maximum atomic E-state index is 11.0. The second kappa shape index (κ2) is 5.37. The fourth-order valence-corrected chi connectivity index (χ4v) is 1.32. The van der Waals surface area contributed by atoms with E-state index in [0.29, 0.717) is 11.3 Å². The predicted molar refractivity (Wildman–Crippen MR) is 58.2 cm³/mol. The van der Waals surface area contributed by atoms with Crippen molar-refractivity contribution >= 4 is 5.97 Å². The number of methoxy groups -OCH3 is 2. The average Bonchev–Trinajstić information content (AvgIpc) is 2.28. The van der Waals surface area contributed by atoms with Gasteiger partial charge in [-0.25, -0.2) is 0 Å². The van der Waals surface area contributed by atoms with Crippen LogP contribution in [-0.4, -0.2) is 25.3 Å². The van der Waals surface area contributed by atoms with Crippen LogP contribution < -0.4 is 10.5 Å². The zero-order valence-electron chi connectivity index (χ0n) is 9.27. The first-order valence-electron chi connectivity index (χ1n) is 4.77. The number of phenols is 1. The van der Waals surface area contributed by atoms with E-state index in [1.807, 2.05) is 0 Å². The molecule has 0 fully saturated rings. The molecule has 0 saturated heterocycles. The van der Waals surface area contributed by atoms with E-state index >= 15 is 0 Å². The summed E-state index contributed by atoms with van der Waals surface area (Å²) in [4.78, 5) is 11.0. The molecule has 88 valence electrons. The Labute approximate surface area is 93.8 Å². The van der Waals surface area contributed by atoms with Gasteiger partial charge in [0.15, 0.2) is 11.5 Å². The third-order valence-corrected chi connectivity index (χ3v) is 2.25. The maximum Gasteiger partial charge on any atom is 0.307 e. The highest BCUT2D eigenvalue weighted by Gasteiger charge is 2.13. The van der Waals surface area contributed by atoms with Crippen LogP contribution in [0.1, 0.15) is 18.0 Å². The SMILES string of the molecule is COC(=O)C[C@H](N)c1ccc(OC)c(O)c1. The quantitative estimate of drug-likeness (QED) is 0.746. The van der Waals surface area contributed by atoms with E-state index in [9.17, 15) is 9.90 Å². The van der Waals surface area contributed by atoms with Gasteiger partial charge in [0.25, 0.3) is 0 Å². The van der Waals surface area contributed by atoms with Crippen LogP contribution in [0.4, 0.5) is 0 Å². The Morgan fingerprint density at radius 2 is 2.19 bits per heavy atom. The Morgan fingerprint density at radius 3 is 2.69 bits per heavy atom. The van der Waals surface area contributed by atoms with Crippen molar-refractivity contribution in [2.24, 2.45) is 5.73 Å². The van der Waals surface area contributed by atoms with Gasteiger partial charge in [-0.05, 0) is 17.7 Å². The van der Waals surface area contributed by atoms with Gasteiger partial charge < -0.3 is 20.3 Å². The van der Waals surface area contributed by atoms with Crippen molar-refractivity contribution in [2.75, 3.05) is 14.2 Å². The molecule has 0 unspecified atom stereocenters. The van der Waals surface area contributed by atoms with Crippen LogP contribution in [0.3, 0.4) is 0 Å². The Kier molecular flexibility index (Phi) is 4.13. The van der Waals surface area contributed by atoms with Crippen molar-refractivity contribution in [2.45, 2.75) is 12.5 Å². The van der Waals surface area contributed by atoms with Gasteiger partial charge in [-0.15, -0.1) is 0 Å². The molecule has 0 spiro atoms. The van der Waals surface area contributed by atoms with Crippen LogP contribution in [0.5, 0.6) is 11.5 Å². The molecule has 0 bridgehead atoms. The summed E-state index contributed by atoms with van der Waals surface area (Å²) in [5.74, 6) is -0.0165. The third-order valence-electron chi connectivity index (χ3n) is 2.25. The number of nitrogens with two attached hydrogens (primary N) is 1. The Bertz CT molecular complexity index is 378. The lowest BCUT2D eigenvalue weighted by Gasteiger charge is -2.12. The molecule has 0 aromatic heterocycles. The molecule has 1 atom stereocenters. The van der Waals surface area contributed by atoms with Gasteiger partial charge in [0, 0.05) is 6.04 Å². The summed E-state index contributed by atoms with van der Waals surface area (Å²) in [6.45, 7) is 0. The number of rotatable bonds is 4. The van der Waals surface area contributed by atoms with E-state index in [1.165, 1.54) is 20.3 Å². The fraction of sp³-hybridized carbons (Fsp3) is 0.364. The molecule has 5 heteroatoms. The van der Waals surface area contributed by atoms with Crippen molar-refractivity contribution in [1.82, 2.24) is 0 Å². The zero-order chi connectivity index (χ0) is 12.1. The van der Waals surface area contributed by atoms with E-state index in [0.717, 1.165) is 0 Å². The number of carbonyl (C=O) groups is 1. The van der Waals surface area contributed by atoms with Crippen LogP contribution in [-0.2, 0) is 9.53 Å². The largest absolute Gasteiger partial charge is 0.504 e. The second-order valence-corrected chi connectivity index (χ2v) is 3.32. The summed E-state index contributed by atoms with van der Waals surface area (Å²) in [6.07, 6.45) is 0.0717. The molecule has 1 aromatic rings. The highest BCUT2D eigenvalue weighted by Crippen LogP contribution is 2.29. The van der Waals surface area contributed by atoms with E-state index in [2.05, 4.69) is 4.74 Å². The molecule has 0 radical (unpaired) electrons. The van der Waals surface area contributed by atoms with E-state index in [1.54, 1.807) is 12.1 Å². The van der Waals surface area contributed by atoms with E-state index in [-0.39, 0.29) is 18.1 Å². The number of phenolic OH excluding ortho intramolecular Hbond substituents is 1. The number of hydrogen-bond donors (Lipinski definition) is 2. The Morgan fingerprint density at radius 1 is 1.50 bits per heavy atom. The number of aromatic hydroxyl groups is 1. The minimum atomic E-state index is -0.496. The van der Waals surface area contributed by atoms with Crippen molar-refractivity contribution < 1.29 is 19.4 Å². The molecule has 1 aromatic carbocycles. The molecule has 0 aliphatic carbocycles. The first-order valence-corrected chi connectivity index (χ1v) is 4.77. The molecule has 0 amide bonds. The highest BCUT2D eigenvalue weighted by molar-refractivity contribution is 5.70. The molecule has 0 saturated carbocycles. The average molecular weight is 225 g/mol. The molecular formula is C11H15NO4. The topological polar surface area (TPSA) is 81.8 Å². The standard InChI is InChI=1S/C11H15NO4/c1-15-10-4-3-7(5-9(10)13)8(12)6-11(14)16-2/h3-5,8,13H,6,12H2,1-2H3/t8-/m0/s1.